The average Bonchev–Trinajstić information content (AvgIpc) is 4.19. The largest absolute Gasteiger partial charge is 0.497 e. The molecule has 0 radical (unpaired) electrons. The van der Waals surface area contributed by atoms with Crippen LogP contribution in [-0.4, -0.2) is 61.1 Å². The van der Waals surface area contributed by atoms with Crippen molar-refractivity contribution in [3.63, 3.8) is 0 Å². The SMILES string of the molecule is C(=C\c1ccn[nH]1)/c1ccccc1.CCOC(OCC)c1ccc(/C=C/c2ccn[nH]2)cc1.COc1ccc(/C=C/c2ccn[nH]2)cc1.Clc1cccc(Cl)c1/C=C/c1ccn[nH]1. The van der Waals surface area contributed by atoms with E-state index in [1.807, 2.05) is 160 Å². The number of rotatable bonds is 14. The third-order valence-corrected chi connectivity index (χ3v) is 9.30. The smallest absolute Gasteiger partial charge is 0.183 e. The molecule has 4 N–H and O–H groups in total. The van der Waals surface area contributed by atoms with Crippen LogP contribution in [0.25, 0.3) is 48.6 Å². The lowest BCUT2D eigenvalue weighted by molar-refractivity contribution is -0.140. The van der Waals surface area contributed by atoms with Gasteiger partial charge < -0.3 is 14.2 Å². The van der Waals surface area contributed by atoms with E-state index in [1.165, 1.54) is 5.56 Å². The van der Waals surface area contributed by atoms with E-state index in [4.69, 9.17) is 37.4 Å². The highest BCUT2D eigenvalue weighted by atomic mass is 35.5. The summed E-state index contributed by atoms with van der Waals surface area (Å²) in [5, 5.41) is 28.2. The third kappa shape index (κ3) is 17.1. The fourth-order valence-electron chi connectivity index (χ4n) is 5.43. The normalized spacial score (nSPS) is 11.1. The van der Waals surface area contributed by atoms with E-state index in [0.717, 1.165) is 50.8 Å². The zero-order valence-electron chi connectivity index (χ0n) is 35.2. The Kier molecular flexibility index (Phi) is 20.2. The first kappa shape index (κ1) is 47.0. The lowest BCUT2D eigenvalue weighted by Crippen LogP contribution is -2.08. The van der Waals surface area contributed by atoms with Gasteiger partial charge in [-0.25, -0.2) is 0 Å². The van der Waals surface area contributed by atoms with E-state index in [9.17, 15) is 0 Å². The molecule has 0 saturated carbocycles. The van der Waals surface area contributed by atoms with Crippen molar-refractivity contribution in [2.24, 2.45) is 0 Å². The number of halogens is 2. The minimum Gasteiger partial charge on any atom is -0.497 e. The number of H-pyrrole nitrogens is 4. The zero-order valence-corrected chi connectivity index (χ0v) is 36.7. The number of nitrogens with zero attached hydrogens (tertiary/aromatic N) is 4. The van der Waals surface area contributed by atoms with E-state index >= 15 is 0 Å². The van der Waals surface area contributed by atoms with Crippen LogP contribution in [0.1, 0.15) is 70.7 Å². The second-order valence-electron chi connectivity index (χ2n) is 13.1. The first-order chi connectivity index (χ1) is 30.9. The molecular weight excluding hydrogens is 832 g/mol. The van der Waals surface area contributed by atoms with Gasteiger partial charge in [0.15, 0.2) is 6.29 Å². The van der Waals surface area contributed by atoms with Crippen molar-refractivity contribution >= 4 is 71.8 Å². The molecule has 4 aromatic carbocycles. The minimum atomic E-state index is -0.282. The molecule has 322 valence electrons. The van der Waals surface area contributed by atoms with E-state index in [0.29, 0.717) is 23.3 Å². The molecule has 13 heteroatoms. The molecule has 11 nitrogen and oxygen atoms in total. The van der Waals surface area contributed by atoms with Crippen LogP contribution in [0.4, 0.5) is 0 Å². The molecule has 0 unspecified atom stereocenters. The molecule has 0 aliphatic carbocycles. The van der Waals surface area contributed by atoms with Crippen molar-refractivity contribution in [3.8, 4) is 5.75 Å². The van der Waals surface area contributed by atoms with Crippen molar-refractivity contribution in [1.29, 1.82) is 0 Å². The minimum absolute atomic E-state index is 0.282. The molecule has 0 amide bonds. The maximum Gasteiger partial charge on any atom is 0.183 e. The zero-order chi connectivity index (χ0) is 44.3. The van der Waals surface area contributed by atoms with Crippen LogP contribution < -0.4 is 4.74 Å². The second kappa shape index (κ2) is 27.0. The van der Waals surface area contributed by atoms with E-state index in [2.05, 4.69) is 52.9 Å². The molecule has 0 spiro atoms. The number of hydrogen-bond donors (Lipinski definition) is 4. The van der Waals surface area contributed by atoms with Gasteiger partial charge in [0.2, 0.25) is 0 Å². The Labute approximate surface area is 378 Å². The highest BCUT2D eigenvalue weighted by Gasteiger charge is 2.10. The molecule has 0 saturated heterocycles. The number of aromatic amines is 4. The Morgan fingerprint density at radius 2 is 0.857 bits per heavy atom. The van der Waals surface area contributed by atoms with E-state index < -0.39 is 0 Å². The van der Waals surface area contributed by atoms with Crippen LogP contribution >= 0.6 is 23.2 Å². The summed E-state index contributed by atoms with van der Waals surface area (Å²) in [6.07, 6.45) is 22.4. The molecule has 4 aromatic heterocycles. The number of nitrogens with one attached hydrogen (secondary N) is 4. The lowest BCUT2D eigenvalue weighted by Gasteiger charge is -2.17. The van der Waals surface area contributed by atoms with Gasteiger partial charge in [0, 0.05) is 59.2 Å². The van der Waals surface area contributed by atoms with Gasteiger partial charge in [-0.2, -0.15) is 20.4 Å². The Morgan fingerprint density at radius 3 is 1.24 bits per heavy atom. The molecule has 0 atom stereocenters. The number of ether oxygens (including phenoxy) is 3. The molecular formula is C50H50Cl2N8O3. The monoisotopic (exact) mass is 880 g/mol. The molecule has 0 aliphatic heterocycles. The van der Waals surface area contributed by atoms with Crippen LogP contribution in [-0.2, 0) is 9.47 Å². The maximum absolute atomic E-state index is 6.01. The fourth-order valence-corrected chi connectivity index (χ4v) is 5.95. The van der Waals surface area contributed by atoms with Crippen LogP contribution in [0.5, 0.6) is 5.75 Å². The Bertz CT molecular complexity index is 2490. The van der Waals surface area contributed by atoms with Crippen LogP contribution in [0.2, 0.25) is 10.0 Å². The molecule has 0 aliphatic rings. The van der Waals surface area contributed by atoms with Crippen LogP contribution in [0.15, 0.2) is 146 Å². The van der Waals surface area contributed by atoms with Gasteiger partial charge in [0.1, 0.15) is 5.75 Å². The summed E-state index contributed by atoms with van der Waals surface area (Å²) in [5.74, 6) is 0.869. The molecule has 8 aromatic rings. The summed E-state index contributed by atoms with van der Waals surface area (Å²) in [6.45, 7) is 5.19. The summed E-state index contributed by atoms with van der Waals surface area (Å²) >= 11 is 12.0. The topological polar surface area (TPSA) is 142 Å². The Hall–Kier alpha value is -7.02. The summed E-state index contributed by atoms with van der Waals surface area (Å²) in [4.78, 5) is 0. The average molecular weight is 882 g/mol. The van der Waals surface area contributed by atoms with Crippen molar-refractivity contribution in [1.82, 2.24) is 40.8 Å². The predicted octanol–water partition coefficient (Wildman–Crippen LogP) is 12.7. The van der Waals surface area contributed by atoms with Gasteiger partial charge >= 0.3 is 0 Å². The van der Waals surface area contributed by atoms with Gasteiger partial charge in [-0.05, 0) is 109 Å². The molecule has 8 rings (SSSR count). The first-order valence-electron chi connectivity index (χ1n) is 20.1. The third-order valence-electron chi connectivity index (χ3n) is 8.64. The standard InChI is InChI=1S/C16H20N2O2.C12H12N2O.C11H8Cl2N2.C11H10N2/c1-3-19-16(20-4-2)14-8-5-13(6-9-14)7-10-15-11-12-17-18-15;1-15-12-6-3-10(4-7-12)2-5-11-8-9-13-14-11;12-10-2-1-3-11(13)9(10)5-4-8-6-7-14-15-8;1-2-4-10(5-3-1)6-7-11-8-9-12-13-11/h5-12,16H,3-4H2,1-2H3,(H,17,18);2-9H,1H3,(H,13,14);1-7H,(H,14,15);1-9H,(H,12,13)/b10-7+;5-2+;5-4+;7-6+. The van der Waals surface area contributed by atoms with Gasteiger partial charge in [-0.1, -0.05) is 114 Å². The lowest BCUT2D eigenvalue weighted by atomic mass is 10.1. The molecule has 63 heavy (non-hydrogen) atoms. The first-order valence-corrected chi connectivity index (χ1v) is 20.9. The second-order valence-corrected chi connectivity index (χ2v) is 13.9. The van der Waals surface area contributed by atoms with Crippen molar-refractivity contribution in [2.45, 2.75) is 20.1 Å². The Balaban J connectivity index is 0.000000160. The molecule has 4 heterocycles. The number of hydrogen-bond acceptors (Lipinski definition) is 7. The molecule has 0 bridgehead atoms. The maximum atomic E-state index is 6.01. The van der Waals surface area contributed by atoms with Gasteiger partial charge in [-0.15, -0.1) is 0 Å². The molecule has 0 fully saturated rings. The fraction of sp³-hybridized carbons (Fsp3) is 0.120. The highest BCUT2D eigenvalue weighted by Crippen LogP contribution is 2.26. The number of aromatic nitrogens is 8. The Morgan fingerprint density at radius 1 is 0.460 bits per heavy atom. The summed E-state index contributed by atoms with van der Waals surface area (Å²) < 4.78 is 16.2. The van der Waals surface area contributed by atoms with E-state index in [1.54, 1.807) is 44.0 Å². The quantitative estimate of drug-likeness (QED) is 0.0797. The highest BCUT2D eigenvalue weighted by molar-refractivity contribution is 6.37. The van der Waals surface area contributed by atoms with Crippen LogP contribution in [0.3, 0.4) is 0 Å². The van der Waals surface area contributed by atoms with E-state index in [-0.39, 0.29) is 6.29 Å². The van der Waals surface area contributed by atoms with Crippen molar-refractivity contribution < 1.29 is 14.2 Å². The van der Waals surface area contributed by atoms with Gasteiger partial charge in [0.25, 0.3) is 0 Å². The summed E-state index contributed by atoms with van der Waals surface area (Å²) in [6, 6.07) is 39.3. The number of benzene rings is 4. The van der Waals surface area contributed by atoms with Gasteiger partial charge in [0.05, 0.1) is 29.9 Å². The van der Waals surface area contributed by atoms with Crippen molar-refractivity contribution in [2.75, 3.05) is 20.3 Å². The van der Waals surface area contributed by atoms with Gasteiger partial charge in [-0.3, -0.25) is 20.4 Å². The summed E-state index contributed by atoms with van der Waals surface area (Å²) in [5.41, 5.74) is 9.19. The van der Waals surface area contributed by atoms with Crippen LogP contribution in [0, 0.1) is 0 Å². The number of methoxy groups -OCH3 is 1. The predicted molar refractivity (Wildman–Crippen MR) is 258 cm³/mol. The van der Waals surface area contributed by atoms with Crippen molar-refractivity contribution in [3.05, 3.63) is 207 Å². The summed E-state index contributed by atoms with van der Waals surface area (Å²) in [7, 11) is 1.66.